The van der Waals surface area contributed by atoms with Crippen LogP contribution in [0, 0.1) is 0 Å². The molecule has 0 unspecified atom stereocenters. The van der Waals surface area contributed by atoms with E-state index in [1.165, 1.54) is 0 Å². The Morgan fingerprint density at radius 3 is 2.50 bits per heavy atom. The quantitative estimate of drug-likeness (QED) is 0.636. The van der Waals surface area contributed by atoms with Crippen molar-refractivity contribution >= 4 is 6.09 Å². The molecule has 0 spiro atoms. The molecular formula is C10H22N2O2. The van der Waals surface area contributed by atoms with Gasteiger partial charge in [0.15, 0.2) is 0 Å². The summed E-state index contributed by atoms with van der Waals surface area (Å²) in [6, 6.07) is 0. The predicted octanol–water partition coefficient (Wildman–Crippen LogP) is 1.46. The number of likely N-dealkylation sites (N-methyl/N-ethyl adjacent to an activating group) is 1. The molecule has 0 saturated heterocycles. The SMILES string of the molecule is CCCN(CCNCC)C(=O)OCC. The molecule has 0 aromatic rings. The molecule has 0 fully saturated rings. The molecule has 0 aliphatic heterocycles. The van der Waals surface area contributed by atoms with Gasteiger partial charge in [-0.1, -0.05) is 13.8 Å². The molecule has 0 aromatic carbocycles. The third kappa shape index (κ3) is 5.80. The lowest BCUT2D eigenvalue weighted by Gasteiger charge is -2.21. The van der Waals surface area contributed by atoms with E-state index >= 15 is 0 Å². The summed E-state index contributed by atoms with van der Waals surface area (Å²) in [6.07, 6.45) is 0.762. The zero-order valence-corrected chi connectivity index (χ0v) is 9.51. The fourth-order valence-corrected chi connectivity index (χ4v) is 1.17. The molecule has 0 rings (SSSR count). The van der Waals surface area contributed by atoms with Crippen LogP contribution in [0.15, 0.2) is 0 Å². The van der Waals surface area contributed by atoms with E-state index in [-0.39, 0.29) is 6.09 Å². The van der Waals surface area contributed by atoms with E-state index in [1.54, 1.807) is 4.90 Å². The van der Waals surface area contributed by atoms with E-state index in [1.807, 2.05) is 6.92 Å². The lowest BCUT2D eigenvalue weighted by atomic mass is 10.4. The maximum absolute atomic E-state index is 11.4. The van der Waals surface area contributed by atoms with Crippen molar-refractivity contribution in [3.63, 3.8) is 0 Å². The van der Waals surface area contributed by atoms with E-state index in [2.05, 4.69) is 19.2 Å². The molecule has 84 valence electrons. The Bertz CT molecular complexity index is 151. The number of nitrogens with zero attached hydrogens (tertiary/aromatic N) is 1. The van der Waals surface area contributed by atoms with E-state index in [0.29, 0.717) is 6.61 Å². The Morgan fingerprint density at radius 2 is 2.00 bits per heavy atom. The van der Waals surface area contributed by atoms with Crippen LogP contribution in [-0.2, 0) is 4.74 Å². The van der Waals surface area contributed by atoms with Crippen LogP contribution in [0.3, 0.4) is 0 Å². The first-order chi connectivity index (χ1) is 6.76. The Balaban J connectivity index is 3.81. The Kier molecular flexibility index (Phi) is 8.33. The van der Waals surface area contributed by atoms with Gasteiger partial charge < -0.3 is 15.0 Å². The fraction of sp³-hybridized carbons (Fsp3) is 0.900. The number of hydrogen-bond donors (Lipinski definition) is 1. The van der Waals surface area contributed by atoms with Gasteiger partial charge in [0.2, 0.25) is 0 Å². The smallest absolute Gasteiger partial charge is 0.409 e. The van der Waals surface area contributed by atoms with E-state index < -0.39 is 0 Å². The van der Waals surface area contributed by atoms with Gasteiger partial charge in [0.1, 0.15) is 0 Å². The monoisotopic (exact) mass is 202 g/mol. The van der Waals surface area contributed by atoms with Crippen LogP contribution in [0.25, 0.3) is 0 Å². The molecule has 0 aromatic heterocycles. The second-order valence-corrected chi connectivity index (χ2v) is 3.04. The maximum Gasteiger partial charge on any atom is 0.409 e. The Morgan fingerprint density at radius 1 is 1.29 bits per heavy atom. The minimum Gasteiger partial charge on any atom is -0.450 e. The van der Waals surface area contributed by atoms with Gasteiger partial charge in [-0.15, -0.1) is 0 Å². The number of carbonyl (C=O) groups is 1. The summed E-state index contributed by atoms with van der Waals surface area (Å²) in [7, 11) is 0. The highest BCUT2D eigenvalue weighted by atomic mass is 16.6. The maximum atomic E-state index is 11.4. The summed E-state index contributed by atoms with van der Waals surface area (Å²) in [5, 5.41) is 3.18. The van der Waals surface area contributed by atoms with Gasteiger partial charge in [-0.05, 0) is 19.9 Å². The molecule has 0 radical (unpaired) electrons. The molecule has 1 N–H and O–H groups in total. The molecule has 4 nitrogen and oxygen atoms in total. The van der Waals surface area contributed by atoms with E-state index in [0.717, 1.165) is 32.6 Å². The summed E-state index contributed by atoms with van der Waals surface area (Å²) in [4.78, 5) is 13.1. The van der Waals surface area contributed by atoms with Crippen LogP contribution in [-0.4, -0.2) is 43.8 Å². The van der Waals surface area contributed by atoms with Gasteiger partial charge in [-0.2, -0.15) is 0 Å². The van der Waals surface area contributed by atoms with Crippen molar-refractivity contribution < 1.29 is 9.53 Å². The Hall–Kier alpha value is -0.770. The van der Waals surface area contributed by atoms with Gasteiger partial charge in [-0.3, -0.25) is 0 Å². The molecule has 14 heavy (non-hydrogen) atoms. The Labute approximate surface area is 86.6 Å². The molecule has 0 atom stereocenters. The standard InChI is InChI=1S/C10H22N2O2/c1-4-8-12(9-7-11-5-2)10(13)14-6-3/h11H,4-9H2,1-3H3. The largest absolute Gasteiger partial charge is 0.450 e. The first-order valence-electron chi connectivity index (χ1n) is 5.38. The van der Waals surface area contributed by atoms with Crippen LogP contribution in [0.2, 0.25) is 0 Å². The van der Waals surface area contributed by atoms with Gasteiger partial charge in [0.05, 0.1) is 6.61 Å². The highest BCUT2D eigenvalue weighted by molar-refractivity contribution is 5.67. The average Bonchev–Trinajstić information content (AvgIpc) is 2.17. The first kappa shape index (κ1) is 13.2. The predicted molar refractivity (Wildman–Crippen MR) is 57.4 cm³/mol. The summed E-state index contributed by atoms with van der Waals surface area (Å²) < 4.78 is 4.95. The van der Waals surface area contributed by atoms with Crippen molar-refractivity contribution in [1.82, 2.24) is 10.2 Å². The van der Waals surface area contributed by atoms with Gasteiger partial charge in [0.25, 0.3) is 0 Å². The summed E-state index contributed by atoms with van der Waals surface area (Å²) in [5.41, 5.74) is 0. The topological polar surface area (TPSA) is 41.6 Å². The van der Waals surface area contributed by atoms with Crippen molar-refractivity contribution in [3.05, 3.63) is 0 Å². The number of nitrogens with one attached hydrogen (secondary N) is 1. The number of rotatable bonds is 7. The second-order valence-electron chi connectivity index (χ2n) is 3.04. The molecule has 0 saturated carbocycles. The van der Waals surface area contributed by atoms with Gasteiger partial charge in [-0.25, -0.2) is 4.79 Å². The molecular weight excluding hydrogens is 180 g/mol. The highest BCUT2D eigenvalue weighted by Gasteiger charge is 2.11. The molecule has 1 amide bonds. The average molecular weight is 202 g/mol. The lowest BCUT2D eigenvalue weighted by molar-refractivity contribution is 0.107. The minimum absolute atomic E-state index is 0.202. The molecule has 0 bridgehead atoms. The van der Waals surface area contributed by atoms with Crippen LogP contribution in [0.1, 0.15) is 27.2 Å². The summed E-state index contributed by atoms with van der Waals surface area (Å²) in [6.45, 7) is 9.63. The van der Waals surface area contributed by atoms with E-state index in [4.69, 9.17) is 4.74 Å². The highest BCUT2D eigenvalue weighted by Crippen LogP contribution is 1.95. The third-order valence-electron chi connectivity index (χ3n) is 1.83. The third-order valence-corrected chi connectivity index (χ3v) is 1.83. The van der Waals surface area contributed by atoms with Crippen LogP contribution in [0.5, 0.6) is 0 Å². The molecule has 0 heterocycles. The van der Waals surface area contributed by atoms with Gasteiger partial charge >= 0.3 is 6.09 Å². The van der Waals surface area contributed by atoms with E-state index in [9.17, 15) is 4.79 Å². The second kappa shape index (κ2) is 8.81. The normalized spacial score (nSPS) is 9.93. The van der Waals surface area contributed by atoms with Crippen LogP contribution < -0.4 is 5.32 Å². The number of hydrogen-bond acceptors (Lipinski definition) is 3. The minimum atomic E-state index is -0.202. The van der Waals surface area contributed by atoms with Crippen molar-refractivity contribution in [2.24, 2.45) is 0 Å². The number of carbonyl (C=O) groups excluding carboxylic acids is 1. The number of ether oxygens (including phenoxy) is 1. The van der Waals surface area contributed by atoms with Crippen LogP contribution >= 0.6 is 0 Å². The number of amides is 1. The zero-order chi connectivity index (χ0) is 10.8. The molecule has 4 heteroatoms. The molecule has 0 aliphatic carbocycles. The fourth-order valence-electron chi connectivity index (χ4n) is 1.17. The summed E-state index contributed by atoms with van der Waals surface area (Å²) in [5.74, 6) is 0. The van der Waals surface area contributed by atoms with Gasteiger partial charge in [0, 0.05) is 19.6 Å². The lowest BCUT2D eigenvalue weighted by Crippen LogP contribution is -2.37. The van der Waals surface area contributed by atoms with Crippen molar-refractivity contribution in [2.45, 2.75) is 27.2 Å². The molecule has 0 aliphatic rings. The van der Waals surface area contributed by atoms with Crippen LogP contribution in [0.4, 0.5) is 4.79 Å². The van der Waals surface area contributed by atoms with Crippen molar-refractivity contribution in [2.75, 3.05) is 32.8 Å². The zero-order valence-electron chi connectivity index (χ0n) is 9.51. The first-order valence-corrected chi connectivity index (χ1v) is 5.38. The summed E-state index contributed by atoms with van der Waals surface area (Å²) >= 11 is 0. The van der Waals surface area contributed by atoms with Crippen molar-refractivity contribution in [3.8, 4) is 0 Å². The van der Waals surface area contributed by atoms with Crippen molar-refractivity contribution in [1.29, 1.82) is 0 Å².